The fourth-order valence-corrected chi connectivity index (χ4v) is 1.33. The maximum Gasteiger partial charge on any atom is 0.323 e. The average molecular weight is 307 g/mol. The second-order valence-corrected chi connectivity index (χ2v) is 6.29. The molecule has 0 fully saturated rings. The minimum Gasteiger partial charge on any atom is -0.425 e. The minimum atomic E-state index is -3.55. The fourth-order valence-electron chi connectivity index (χ4n) is 0.656. The van der Waals surface area contributed by atoms with Gasteiger partial charge in [0.2, 0.25) is 9.84 Å². The molecule has 0 unspecified atom stereocenters. The van der Waals surface area contributed by atoms with Crippen LogP contribution in [0.2, 0.25) is 0 Å². The minimum absolute atomic E-state index is 0.240. The van der Waals surface area contributed by atoms with Crippen LogP contribution in [0.4, 0.5) is 0 Å². The zero-order valence-corrected chi connectivity index (χ0v) is 11.0. The largest absolute Gasteiger partial charge is 0.425 e. The summed E-state index contributed by atoms with van der Waals surface area (Å²) in [4.78, 5) is 10.5. The molecule has 0 saturated carbocycles. The van der Waals surface area contributed by atoms with Crippen molar-refractivity contribution in [1.29, 1.82) is 0 Å². The van der Waals surface area contributed by atoms with Gasteiger partial charge in [-0.1, -0.05) is 23.2 Å². The molecule has 0 atom stereocenters. The van der Waals surface area contributed by atoms with E-state index in [1.807, 2.05) is 0 Å². The molecule has 10 heteroatoms. The van der Waals surface area contributed by atoms with Gasteiger partial charge in [-0.2, -0.15) is 9.97 Å². The van der Waals surface area contributed by atoms with Crippen molar-refractivity contribution in [3.63, 3.8) is 0 Å². The quantitative estimate of drug-likeness (QED) is 0.773. The van der Waals surface area contributed by atoms with E-state index >= 15 is 0 Å². The van der Waals surface area contributed by atoms with Gasteiger partial charge in [0, 0.05) is 6.26 Å². The lowest BCUT2D eigenvalue weighted by atomic mass is 10.8. The number of alkyl halides is 3. The van der Waals surface area contributed by atoms with Crippen molar-refractivity contribution in [2.24, 2.45) is 0 Å². The van der Waals surface area contributed by atoms with Crippen LogP contribution in [0.5, 0.6) is 6.01 Å². The van der Waals surface area contributed by atoms with Gasteiger partial charge in [0.1, 0.15) is 6.33 Å². The third kappa shape index (κ3) is 3.89. The molecule has 0 N–H and O–H groups in total. The molecule has 6 nitrogen and oxygen atoms in total. The van der Waals surface area contributed by atoms with Gasteiger partial charge in [-0.05, 0) is 0 Å². The van der Waals surface area contributed by atoms with Crippen LogP contribution in [0.15, 0.2) is 11.5 Å². The molecule has 0 aliphatic rings. The maximum atomic E-state index is 11.1. The lowest BCUT2D eigenvalue weighted by molar-refractivity contribution is 0.239. The Balaban J connectivity index is 3.01. The molecule has 0 aliphatic heterocycles. The van der Waals surface area contributed by atoms with Gasteiger partial charge in [-0.25, -0.2) is 13.4 Å². The third-order valence-corrected chi connectivity index (χ3v) is 3.19. The Morgan fingerprint density at radius 2 is 2.06 bits per heavy atom. The van der Waals surface area contributed by atoms with Crippen molar-refractivity contribution in [2.45, 2.75) is 9.68 Å². The van der Waals surface area contributed by atoms with Gasteiger partial charge in [0.25, 0.3) is 9.68 Å². The van der Waals surface area contributed by atoms with Crippen molar-refractivity contribution in [3.8, 4) is 6.01 Å². The Hall–Kier alpha value is -0.370. The molecule has 16 heavy (non-hydrogen) atoms. The predicted molar refractivity (Wildman–Crippen MR) is 58.7 cm³/mol. The Labute approximate surface area is 107 Å². The van der Waals surface area contributed by atoms with Crippen molar-refractivity contribution >= 4 is 44.6 Å². The molecule has 1 heterocycles. The average Bonchev–Trinajstić information content (AvgIpc) is 2.16. The Kier molecular flexibility index (Phi) is 4.17. The van der Waals surface area contributed by atoms with E-state index in [0.29, 0.717) is 0 Å². The van der Waals surface area contributed by atoms with Gasteiger partial charge < -0.3 is 4.74 Å². The summed E-state index contributed by atoms with van der Waals surface area (Å²) >= 11 is 16.6. The molecule has 0 radical (unpaired) electrons. The van der Waals surface area contributed by atoms with E-state index in [1.165, 1.54) is 0 Å². The molecule has 90 valence electrons. The van der Waals surface area contributed by atoms with E-state index in [9.17, 15) is 8.42 Å². The molecule has 0 bridgehead atoms. The van der Waals surface area contributed by atoms with Crippen molar-refractivity contribution in [3.05, 3.63) is 6.33 Å². The highest BCUT2D eigenvalue weighted by molar-refractivity contribution is 7.90. The fraction of sp³-hybridized carbons (Fsp3) is 0.500. The van der Waals surface area contributed by atoms with E-state index in [2.05, 4.69) is 15.0 Å². The van der Waals surface area contributed by atoms with Gasteiger partial charge in [0.05, 0.1) is 5.88 Å². The zero-order valence-electron chi connectivity index (χ0n) is 7.89. The molecule has 0 spiro atoms. The van der Waals surface area contributed by atoms with E-state index in [-0.39, 0.29) is 11.9 Å². The Morgan fingerprint density at radius 1 is 1.44 bits per heavy atom. The number of rotatable bonds is 4. The Bertz CT molecular complexity index is 479. The first-order valence-electron chi connectivity index (χ1n) is 3.76. The molecular formula is C6H6Cl3N3O3S. The normalized spacial score (nSPS) is 12.5. The SMILES string of the molecule is CS(=O)(=O)c1ncnc(OC(Cl)(Cl)CCl)n1. The molecule has 0 aliphatic carbocycles. The number of nitrogens with zero attached hydrogens (tertiary/aromatic N) is 3. The van der Waals surface area contributed by atoms with Gasteiger partial charge in [-0.15, -0.1) is 11.6 Å². The van der Waals surface area contributed by atoms with Crippen LogP contribution >= 0.6 is 34.8 Å². The number of halogens is 3. The first-order valence-corrected chi connectivity index (χ1v) is 6.95. The number of hydrogen-bond donors (Lipinski definition) is 0. The van der Waals surface area contributed by atoms with Crippen LogP contribution in [0, 0.1) is 0 Å². The van der Waals surface area contributed by atoms with Crippen LogP contribution in [0.25, 0.3) is 0 Å². The van der Waals surface area contributed by atoms with Crippen LogP contribution in [-0.2, 0) is 9.84 Å². The smallest absolute Gasteiger partial charge is 0.323 e. The number of aromatic nitrogens is 3. The van der Waals surface area contributed by atoms with Gasteiger partial charge in [0.15, 0.2) is 0 Å². The summed E-state index contributed by atoms with van der Waals surface area (Å²) in [6.45, 7) is 0. The number of ether oxygens (including phenoxy) is 1. The number of sulfone groups is 1. The summed E-state index contributed by atoms with van der Waals surface area (Å²) in [5.41, 5.74) is 0. The lowest BCUT2D eigenvalue weighted by Gasteiger charge is -2.16. The van der Waals surface area contributed by atoms with E-state index < -0.39 is 19.5 Å². The van der Waals surface area contributed by atoms with E-state index in [1.54, 1.807) is 0 Å². The standard InChI is InChI=1S/C6H6Cl3N3O3S/c1-16(13,14)5-11-3-10-4(12-5)15-6(8,9)2-7/h3H,2H2,1H3. The topological polar surface area (TPSA) is 82.0 Å². The summed E-state index contributed by atoms with van der Waals surface area (Å²) in [5, 5.41) is -0.434. The van der Waals surface area contributed by atoms with Crippen LogP contribution in [0.3, 0.4) is 0 Å². The van der Waals surface area contributed by atoms with Crippen molar-refractivity contribution in [2.75, 3.05) is 12.1 Å². The first kappa shape index (κ1) is 13.7. The van der Waals surface area contributed by atoms with Gasteiger partial charge >= 0.3 is 6.01 Å². The van der Waals surface area contributed by atoms with E-state index in [0.717, 1.165) is 12.6 Å². The second kappa shape index (κ2) is 4.87. The summed E-state index contributed by atoms with van der Waals surface area (Å²) in [5.74, 6) is -0.240. The highest BCUT2D eigenvalue weighted by atomic mass is 35.5. The molecule has 1 aromatic rings. The van der Waals surface area contributed by atoms with Crippen LogP contribution in [0.1, 0.15) is 0 Å². The maximum absolute atomic E-state index is 11.1. The number of hydrogen-bond acceptors (Lipinski definition) is 6. The monoisotopic (exact) mass is 305 g/mol. The molecule has 1 aromatic heterocycles. The molecule has 0 saturated heterocycles. The highest BCUT2D eigenvalue weighted by Crippen LogP contribution is 2.25. The Morgan fingerprint density at radius 3 is 2.56 bits per heavy atom. The summed E-state index contributed by atoms with van der Waals surface area (Å²) in [6, 6.07) is -0.318. The van der Waals surface area contributed by atoms with Gasteiger partial charge in [-0.3, -0.25) is 0 Å². The van der Waals surface area contributed by atoms with Crippen molar-refractivity contribution < 1.29 is 13.2 Å². The molecule has 1 rings (SSSR count). The summed E-state index contributed by atoms with van der Waals surface area (Å²) in [6.07, 6.45) is 1.92. The molecule has 0 amide bonds. The summed E-state index contributed by atoms with van der Waals surface area (Å²) in [7, 11) is -3.55. The highest BCUT2D eigenvalue weighted by Gasteiger charge is 2.27. The van der Waals surface area contributed by atoms with Crippen LogP contribution < -0.4 is 4.74 Å². The van der Waals surface area contributed by atoms with E-state index in [4.69, 9.17) is 39.5 Å². The lowest BCUT2D eigenvalue weighted by Crippen LogP contribution is -2.25. The predicted octanol–water partition coefficient (Wildman–Crippen LogP) is 1.02. The second-order valence-electron chi connectivity index (χ2n) is 2.70. The molecule has 0 aromatic carbocycles. The summed E-state index contributed by atoms with van der Waals surface area (Å²) < 4.78 is 25.4. The van der Waals surface area contributed by atoms with Crippen LogP contribution in [-0.4, -0.2) is 40.0 Å². The third-order valence-electron chi connectivity index (χ3n) is 1.26. The zero-order chi connectivity index (χ0) is 12.4. The molecular weight excluding hydrogens is 301 g/mol. The first-order chi connectivity index (χ1) is 7.24. The van der Waals surface area contributed by atoms with Crippen molar-refractivity contribution in [1.82, 2.24) is 15.0 Å².